The van der Waals surface area contributed by atoms with E-state index in [2.05, 4.69) is 4.89 Å². The van der Waals surface area contributed by atoms with Crippen LogP contribution in [-0.2, 0) is 14.4 Å². The van der Waals surface area contributed by atoms with Crippen molar-refractivity contribution in [2.45, 2.75) is 84.0 Å². The van der Waals surface area contributed by atoms with Crippen LogP contribution >= 0.6 is 0 Å². The molecular weight excluding hydrogens is 248 g/mol. The van der Waals surface area contributed by atoms with Gasteiger partial charge < -0.3 is 9.84 Å². The van der Waals surface area contributed by atoms with E-state index in [0.29, 0.717) is 19.3 Å². The van der Waals surface area contributed by atoms with E-state index in [1.165, 1.54) is 0 Å². The standard InChI is InChI=1S/C14H28O5/c1-6-8-9-14(7-2,19-17)12(16)18-13(4,5)10-11(3)15/h11,15,17H,6-10H2,1-5H3. The zero-order valence-electron chi connectivity index (χ0n) is 12.7. The summed E-state index contributed by atoms with van der Waals surface area (Å²) >= 11 is 0. The van der Waals surface area contributed by atoms with Crippen molar-refractivity contribution in [2.24, 2.45) is 0 Å². The Morgan fingerprint density at radius 1 is 1.32 bits per heavy atom. The van der Waals surface area contributed by atoms with Gasteiger partial charge >= 0.3 is 5.97 Å². The summed E-state index contributed by atoms with van der Waals surface area (Å²) in [6.07, 6.45) is 2.19. The van der Waals surface area contributed by atoms with Crippen molar-refractivity contribution in [1.29, 1.82) is 0 Å². The number of aliphatic hydroxyl groups is 1. The number of esters is 1. The van der Waals surface area contributed by atoms with Crippen LogP contribution in [0.2, 0.25) is 0 Å². The van der Waals surface area contributed by atoms with Crippen molar-refractivity contribution in [3.05, 3.63) is 0 Å². The molecule has 0 aromatic carbocycles. The van der Waals surface area contributed by atoms with Gasteiger partial charge in [0.05, 0.1) is 6.10 Å². The predicted molar refractivity (Wildman–Crippen MR) is 72.7 cm³/mol. The number of rotatable bonds is 9. The first-order valence-corrected chi connectivity index (χ1v) is 6.97. The minimum Gasteiger partial charge on any atom is -0.457 e. The Kier molecular flexibility index (Phi) is 7.55. The Labute approximate surface area is 115 Å². The third-order valence-corrected chi connectivity index (χ3v) is 3.21. The monoisotopic (exact) mass is 276 g/mol. The van der Waals surface area contributed by atoms with Crippen molar-refractivity contribution in [3.8, 4) is 0 Å². The van der Waals surface area contributed by atoms with E-state index >= 15 is 0 Å². The Morgan fingerprint density at radius 2 is 1.89 bits per heavy atom. The van der Waals surface area contributed by atoms with Crippen LogP contribution in [0, 0.1) is 0 Å². The molecule has 2 atom stereocenters. The summed E-state index contributed by atoms with van der Waals surface area (Å²) in [4.78, 5) is 16.7. The van der Waals surface area contributed by atoms with Gasteiger partial charge in [0.1, 0.15) is 5.60 Å². The van der Waals surface area contributed by atoms with Gasteiger partial charge in [-0.1, -0.05) is 26.7 Å². The molecular formula is C14H28O5. The van der Waals surface area contributed by atoms with Crippen molar-refractivity contribution >= 4 is 5.97 Å². The third kappa shape index (κ3) is 5.89. The molecule has 0 heterocycles. The molecule has 5 heteroatoms. The fourth-order valence-corrected chi connectivity index (χ4v) is 2.13. The lowest BCUT2D eigenvalue weighted by atomic mass is 9.93. The van der Waals surface area contributed by atoms with Gasteiger partial charge in [0.2, 0.25) is 0 Å². The molecule has 0 aromatic rings. The summed E-state index contributed by atoms with van der Waals surface area (Å²) in [5.41, 5.74) is -2.09. The highest BCUT2D eigenvalue weighted by Crippen LogP contribution is 2.28. The lowest BCUT2D eigenvalue weighted by Gasteiger charge is -2.33. The Morgan fingerprint density at radius 3 is 2.26 bits per heavy atom. The second-order valence-corrected chi connectivity index (χ2v) is 5.75. The summed E-state index contributed by atoms with van der Waals surface area (Å²) in [7, 11) is 0. The zero-order chi connectivity index (χ0) is 15.1. The van der Waals surface area contributed by atoms with Crippen LogP contribution in [0.25, 0.3) is 0 Å². The number of aliphatic hydroxyl groups excluding tert-OH is 1. The number of hydrogen-bond donors (Lipinski definition) is 2. The van der Waals surface area contributed by atoms with Gasteiger partial charge in [-0.25, -0.2) is 9.68 Å². The molecule has 0 saturated heterocycles. The number of unbranched alkanes of at least 4 members (excludes halogenated alkanes) is 1. The van der Waals surface area contributed by atoms with Crippen LogP contribution in [-0.4, -0.2) is 33.6 Å². The smallest absolute Gasteiger partial charge is 0.342 e. The number of carbonyl (C=O) groups is 1. The van der Waals surface area contributed by atoms with Crippen LogP contribution in [0.4, 0.5) is 0 Å². The second kappa shape index (κ2) is 7.82. The molecule has 0 aromatic heterocycles. The minimum atomic E-state index is -1.30. The molecule has 0 aliphatic heterocycles. The molecule has 0 aliphatic carbocycles. The molecule has 2 N–H and O–H groups in total. The molecule has 0 spiro atoms. The van der Waals surface area contributed by atoms with E-state index < -0.39 is 23.3 Å². The summed E-state index contributed by atoms with van der Waals surface area (Å²) in [6, 6.07) is 0. The van der Waals surface area contributed by atoms with E-state index in [0.717, 1.165) is 12.8 Å². The highest BCUT2D eigenvalue weighted by Gasteiger charge is 2.42. The highest BCUT2D eigenvalue weighted by atomic mass is 17.1. The van der Waals surface area contributed by atoms with Gasteiger partial charge in [0, 0.05) is 6.42 Å². The molecule has 0 amide bonds. The van der Waals surface area contributed by atoms with Gasteiger partial charge in [-0.3, -0.25) is 5.26 Å². The van der Waals surface area contributed by atoms with Crippen LogP contribution in [0.1, 0.15) is 66.7 Å². The summed E-state index contributed by atoms with van der Waals surface area (Å²) in [6.45, 7) is 8.88. The lowest BCUT2D eigenvalue weighted by molar-refractivity contribution is -0.323. The van der Waals surface area contributed by atoms with Crippen LogP contribution in [0.15, 0.2) is 0 Å². The Bertz CT molecular complexity index is 269. The van der Waals surface area contributed by atoms with Gasteiger partial charge in [-0.2, -0.15) is 0 Å². The SMILES string of the molecule is CCCCC(CC)(OO)C(=O)OC(C)(C)CC(C)O. The van der Waals surface area contributed by atoms with E-state index in [4.69, 9.17) is 9.99 Å². The minimum absolute atomic E-state index is 0.331. The molecule has 2 unspecified atom stereocenters. The highest BCUT2D eigenvalue weighted by molar-refractivity contribution is 5.79. The molecule has 0 rings (SSSR count). The average molecular weight is 276 g/mol. The Balaban J connectivity index is 4.81. The molecule has 19 heavy (non-hydrogen) atoms. The van der Waals surface area contributed by atoms with Gasteiger partial charge in [0.25, 0.3) is 0 Å². The van der Waals surface area contributed by atoms with E-state index in [1.54, 1.807) is 27.7 Å². The molecule has 0 aliphatic rings. The zero-order valence-corrected chi connectivity index (χ0v) is 12.7. The summed E-state index contributed by atoms with van der Waals surface area (Å²) in [5, 5.41) is 18.5. The Hall–Kier alpha value is -0.650. The lowest BCUT2D eigenvalue weighted by Crippen LogP contribution is -2.46. The van der Waals surface area contributed by atoms with Crippen molar-refractivity contribution in [2.75, 3.05) is 0 Å². The van der Waals surface area contributed by atoms with Crippen molar-refractivity contribution in [3.63, 3.8) is 0 Å². The second-order valence-electron chi connectivity index (χ2n) is 5.75. The van der Waals surface area contributed by atoms with Gasteiger partial charge in [-0.15, -0.1) is 0 Å². The van der Waals surface area contributed by atoms with Gasteiger partial charge in [-0.05, 0) is 33.6 Å². The molecule has 114 valence electrons. The van der Waals surface area contributed by atoms with E-state index in [9.17, 15) is 9.90 Å². The number of ether oxygens (including phenoxy) is 1. The fourth-order valence-electron chi connectivity index (χ4n) is 2.13. The third-order valence-electron chi connectivity index (χ3n) is 3.21. The molecule has 0 radical (unpaired) electrons. The first kappa shape index (κ1) is 18.4. The predicted octanol–water partition coefficient (Wildman–Crippen LogP) is 2.91. The maximum absolute atomic E-state index is 12.2. The van der Waals surface area contributed by atoms with Gasteiger partial charge in [0.15, 0.2) is 5.60 Å². The normalized spacial score (nSPS) is 16.8. The maximum atomic E-state index is 12.2. The van der Waals surface area contributed by atoms with Crippen LogP contribution in [0.5, 0.6) is 0 Å². The quantitative estimate of drug-likeness (QED) is 0.385. The summed E-state index contributed by atoms with van der Waals surface area (Å²) in [5.74, 6) is -0.573. The first-order valence-electron chi connectivity index (χ1n) is 6.97. The van der Waals surface area contributed by atoms with E-state index in [1.807, 2.05) is 6.92 Å². The number of carbonyl (C=O) groups excluding carboxylic acids is 1. The molecule has 0 saturated carbocycles. The van der Waals surface area contributed by atoms with Crippen molar-refractivity contribution in [1.82, 2.24) is 0 Å². The maximum Gasteiger partial charge on any atom is 0.342 e. The van der Waals surface area contributed by atoms with Crippen molar-refractivity contribution < 1.29 is 24.8 Å². The van der Waals surface area contributed by atoms with Crippen LogP contribution in [0.3, 0.4) is 0 Å². The topological polar surface area (TPSA) is 76.0 Å². The van der Waals surface area contributed by atoms with Crippen LogP contribution < -0.4 is 0 Å². The largest absolute Gasteiger partial charge is 0.457 e. The fraction of sp³-hybridized carbons (Fsp3) is 0.929. The molecule has 0 fully saturated rings. The first-order chi connectivity index (χ1) is 8.73. The van der Waals surface area contributed by atoms with E-state index in [-0.39, 0.29) is 0 Å². The molecule has 0 bridgehead atoms. The average Bonchev–Trinajstić information content (AvgIpc) is 2.28. The molecule has 5 nitrogen and oxygen atoms in total. The number of hydrogen-bond acceptors (Lipinski definition) is 5. The summed E-state index contributed by atoms with van der Waals surface area (Å²) < 4.78 is 5.41.